The van der Waals surface area contributed by atoms with E-state index in [9.17, 15) is 9.50 Å². The minimum absolute atomic E-state index is 0.0538. The van der Waals surface area contributed by atoms with Crippen molar-refractivity contribution >= 4 is 5.69 Å². The number of para-hydroxylation sites is 1. The molecule has 0 spiro atoms. The molecule has 1 fully saturated rings. The van der Waals surface area contributed by atoms with Gasteiger partial charge in [0.25, 0.3) is 0 Å². The molecule has 4 heteroatoms. The highest BCUT2D eigenvalue weighted by Gasteiger charge is 2.29. The molecule has 0 radical (unpaired) electrons. The maximum absolute atomic E-state index is 14.3. The molecule has 19 heavy (non-hydrogen) atoms. The Hall–Kier alpha value is -1.13. The summed E-state index contributed by atoms with van der Waals surface area (Å²) in [5, 5.41) is 12.4. The molecule has 0 aromatic heterocycles. The SMILES string of the molecule is CNC(C)c1cccc(F)c1N(CCO)C1CCC1. The molecule has 1 aromatic carbocycles. The van der Waals surface area contributed by atoms with Gasteiger partial charge in [-0.15, -0.1) is 0 Å². The molecule has 1 aliphatic carbocycles. The smallest absolute Gasteiger partial charge is 0.146 e. The number of halogens is 1. The number of nitrogens with one attached hydrogen (secondary N) is 1. The lowest BCUT2D eigenvalue weighted by Crippen LogP contribution is -2.43. The van der Waals surface area contributed by atoms with E-state index in [1.807, 2.05) is 24.9 Å². The second kappa shape index (κ2) is 6.35. The predicted molar refractivity (Wildman–Crippen MR) is 75.9 cm³/mol. The van der Waals surface area contributed by atoms with Gasteiger partial charge < -0.3 is 15.3 Å². The van der Waals surface area contributed by atoms with Gasteiger partial charge in [0.05, 0.1) is 12.3 Å². The van der Waals surface area contributed by atoms with Crippen molar-refractivity contribution in [3.05, 3.63) is 29.6 Å². The number of benzene rings is 1. The summed E-state index contributed by atoms with van der Waals surface area (Å²) >= 11 is 0. The van der Waals surface area contributed by atoms with Crippen LogP contribution in [0.4, 0.5) is 10.1 Å². The van der Waals surface area contributed by atoms with Crippen molar-refractivity contribution in [2.75, 3.05) is 25.1 Å². The summed E-state index contributed by atoms with van der Waals surface area (Å²) in [4.78, 5) is 2.04. The monoisotopic (exact) mass is 266 g/mol. The molecule has 0 amide bonds. The predicted octanol–water partition coefficient (Wildman–Crippen LogP) is 2.46. The number of anilines is 1. The van der Waals surface area contributed by atoms with E-state index in [-0.39, 0.29) is 18.5 Å². The van der Waals surface area contributed by atoms with Crippen molar-refractivity contribution in [3.63, 3.8) is 0 Å². The van der Waals surface area contributed by atoms with Crippen LogP contribution in [0, 0.1) is 5.82 Å². The summed E-state index contributed by atoms with van der Waals surface area (Å²) in [7, 11) is 1.87. The molecule has 106 valence electrons. The molecule has 0 heterocycles. The van der Waals surface area contributed by atoms with Crippen LogP contribution in [-0.4, -0.2) is 31.3 Å². The summed E-state index contributed by atoms with van der Waals surface area (Å²) < 4.78 is 14.3. The van der Waals surface area contributed by atoms with Crippen LogP contribution in [0.15, 0.2) is 18.2 Å². The maximum Gasteiger partial charge on any atom is 0.146 e. The minimum Gasteiger partial charge on any atom is -0.395 e. The number of nitrogens with zero attached hydrogens (tertiary/aromatic N) is 1. The normalized spacial score (nSPS) is 17.1. The third-order valence-corrected chi connectivity index (χ3v) is 4.06. The van der Waals surface area contributed by atoms with Gasteiger partial charge in [-0.25, -0.2) is 4.39 Å². The largest absolute Gasteiger partial charge is 0.395 e. The second-order valence-electron chi connectivity index (χ2n) is 5.19. The highest BCUT2D eigenvalue weighted by atomic mass is 19.1. The first-order valence-electron chi connectivity index (χ1n) is 7.02. The van der Waals surface area contributed by atoms with E-state index in [1.165, 1.54) is 12.5 Å². The van der Waals surface area contributed by atoms with Crippen LogP contribution in [-0.2, 0) is 0 Å². The van der Waals surface area contributed by atoms with Crippen LogP contribution in [0.3, 0.4) is 0 Å². The van der Waals surface area contributed by atoms with Crippen molar-refractivity contribution in [2.24, 2.45) is 0 Å². The molecule has 2 rings (SSSR count). The fourth-order valence-electron chi connectivity index (χ4n) is 2.62. The third kappa shape index (κ3) is 2.90. The molecule has 1 unspecified atom stereocenters. The topological polar surface area (TPSA) is 35.5 Å². The van der Waals surface area contributed by atoms with Crippen LogP contribution in [0.1, 0.15) is 37.8 Å². The van der Waals surface area contributed by atoms with Gasteiger partial charge in [-0.1, -0.05) is 12.1 Å². The van der Waals surface area contributed by atoms with Crippen LogP contribution >= 0.6 is 0 Å². The van der Waals surface area contributed by atoms with E-state index >= 15 is 0 Å². The molecule has 0 bridgehead atoms. The van der Waals surface area contributed by atoms with Crippen molar-refractivity contribution < 1.29 is 9.50 Å². The number of hydrogen-bond donors (Lipinski definition) is 2. The Labute approximate surface area is 114 Å². The number of aliphatic hydroxyl groups excluding tert-OH is 1. The Morgan fingerprint density at radius 2 is 2.21 bits per heavy atom. The van der Waals surface area contributed by atoms with E-state index in [1.54, 1.807) is 6.07 Å². The summed E-state index contributed by atoms with van der Waals surface area (Å²) in [6, 6.07) is 5.67. The van der Waals surface area contributed by atoms with E-state index in [0.29, 0.717) is 18.3 Å². The summed E-state index contributed by atoms with van der Waals surface area (Å²) in [6.07, 6.45) is 3.36. The van der Waals surface area contributed by atoms with Gasteiger partial charge in [-0.2, -0.15) is 0 Å². The van der Waals surface area contributed by atoms with Gasteiger partial charge in [0, 0.05) is 18.6 Å². The fraction of sp³-hybridized carbons (Fsp3) is 0.600. The zero-order chi connectivity index (χ0) is 13.8. The average molecular weight is 266 g/mol. The van der Waals surface area contributed by atoms with E-state index in [2.05, 4.69) is 5.32 Å². The molecule has 2 N–H and O–H groups in total. The minimum atomic E-state index is -0.194. The standard InChI is InChI=1S/C15H23FN2O/c1-11(17-2)13-7-4-8-14(16)15(13)18(9-10-19)12-5-3-6-12/h4,7-8,11-12,17,19H,3,5-6,9-10H2,1-2H3. The lowest BCUT2D eigenvalue weighted by Gasteiger charge is -2.40. The molecular weight excluding hydrogens is 243 g/mol. The van der Waals surface area contributed by atoms with Crippen molar-refractivity contribution in [1.82, 2.24) is 5.32 Å². The number of hydrogen-bond acceptors (Lipinski definition) is 3. The first kappa shape index (κ1) is 14.3. The Morgan fingerprint density at radius 3 is 2.74 bits per heavy atom. The lowest BCUT2D eigenvalue weighted by molar-refractivity contribution is 0.282. The van der Waals surface area contributed by atoms with Crippen LogP contribution in [0.2, 0.25) is 0 Å². The van der Waals surface area contributed by atoms with E-state index in [4.69, 9.17) is 0 Å². The molecule has 1 aromatic rings. The summed E-state index contributed by atoms with van der Waals surface area (Å²) in [5.74, 6) is -0.194. The van der Waals surface area contributed by atoms with E-state index in [0.717, 1.165) is 18.4 Å². The van der Waals surface area contributed by atoms with E-state index < -0.39 is 0 Å². The van der Waals surface area contributed by atoms with Gasteiger partial charge in [-0.3, -0.25) is 0 Å². The Bertz CT molecular complexity index is 421. The quantitative estimate of drug-likeness (QED) is 0.830. The molecule has 1 saturated carbocycles. The first-order chi connectivity index (χ1) is 9.19. The van der Waals surface area contributed by atoms with Gasteiger partial charge in [0.1, 0.15) is 5.82 Å². The maximum atomic E-state index is 14.3. The summed E-state index contributed by atoms with van der Waals surface area (Å²) in [5.41, 5.74) is 1.62. The molecule has 0 aliphatic heterocycles. The Morgan fingerprint density at radius 1 is 1.47 bits per heavy atom. The Kier molecular flexibility index (Phi) is 4.77. The Balaban J connectivity index is 2.38. The van der Waals surface area contributed by atoms with Crippen LogP contribution < -0.4 is 10.2 Å². The highest BCUT2D eigenvalue weighted by Crippen LogP contribution is 2.35. The van der Waals surface area contributed by atoms with Crippen molar-refractivity contribution in [2.45, 2.75) is 38.3 Å². The molecule has 1 atom stereocenters. The number of rotatable bonds is 6. The lowest BCUT2D eigenvalue weighted by atomic mass is 9.90. The fourth-order valence-corrected chi connectivity index (χ4v) is 2.62. The van der Waals surface area contributed by atoms with Crippen molar-refractivity contribution in [1.29, 1.82) is 0 Å². The van der Waals surface area contributed by atoms with Gasteiger partial charge in [0.2, 0.25) is 0 Å². The first-order valence-corrected chi connectivity index (χ1v) is 7.02. The van der Waals surface area contributed by atoms with Crippen molar-refractivity contribution in [3.8, 4) is 0 Å². The van der Waals surface area contributed by atoms with Crippen LogP contribution in [0.25, 0.3) is 0 Å². The average Bonchev–Trinajstić information content (AvgIpc) is 2.35. The zero-order valence-electron chi connectivity index (χ0n) is 11.7. The highest BCUT2D eigenvalue weighted by molar-refractivity contribution is 5.57. The molecule has 0 saturated heterocycles. The second-order valence-corrected chi connectivity index (χ2v) is 5.19. The molecule has 1 aliphatic rings. The number of aliphatic hydroxyl groups is 1. The van der Waals surface area contributed by atoms with Gasteiger partial charge >= 0.3 is 0 Å². The van der Waals surface area contributed by atoms with Gasteiger partial charge in [-0.05, 0) is 44.9 Å². The van der Waals surface area contributed by atoms with Crippen LogP contribution in [0.5, 0.6) is 0 Å². The molecule has 3 nitrogen and oxygen atoms in total. The summed E-state index contributed by atoms with van der Waals surface area (Å²) in [6.45, 7) is 2.57. The third-order valence-electron chi connectivity index (χ3n) is 4.06. The van der Waals surface area contributed by atoms with Gasteiger partial charge in [0.15, 0.2) is 0 Å². The molecular formula is C15H23FN2O. The zero-order valence-corrected chi connectivity index (χ0v) is 11.7.